The van der Waals surface area contributed by atoms with Crippen LogP contribution in [0.4, 0.5) is 0 Å². The van der Waals surface area contributed by atoms with Crippen LogP contribution in [0.2, 0.25) is 0 Å². The van der Waals surface area contributed by atoms with Crippen molar-refractivity contribution < 1.29 is 26.4 Å². The second kappa shape index (κ2) is 6.21. The molecule has 0 saturated carbocycles. The molecule has 0 aromatic rings. The van der Waals surface area contributed by atoms with Crippen LogP contribution in [0.1, 0.15) is 33.6 Å². The molecule has 0 aliphatic carbocycles. The molecule has 0 spiro atoms. The minimum Gasteiger partial charge on any atom is -0.459 e. The largest absolute Gasteiger partial charge is 0.459 e. The number of sulfone groups is 1. The molecule has 0 amide bonds. The molecule has 0 radical (unpaired) electrons. The van der Waals surface area contributed by atoms with Crippen molar-refractivity contribution in [3.8, 4) is 0 Å². The summed E-state index contributed by atoms with van der Waals surface area (Å²) in [5, 5.41) is 0. The van der Waals surface area contributed by atoms with E-state index in [0.717, 1.165) is 10.6 Å². The monoisotopic (exact) mass is 341 g/mol. The molecule has 7 nitrogen and oxygen atoms in total. The van der Waals surface area contributed by atoms with E-state index >= 15 is 0 Å². The summed E-state index contributed by atoms with van der Waals surface area (Å²) in [6.45, 7) is 5.35. The van der Waals surface area contributed by atoms with Gasteiger partial charge >= 0.3 is 5.97 Å². The van der Waals surface area contributed by atoms with Gasteiger partial charge in [0.1, 0.15) is 21.5 Å². The van der Waals surface area contributed by atoms with E-state index in [2.05, 4.69) is 0 Å². The van der Waals surface area contributed by atoms with E-state index in [4.69, 9.17) is 4.74 Å². The zero-order valence-electron chi connectivity index (χ0n) is 12.8. The number of rotatable bonds is 5. The van der Waals surface area contributed by atoms with Crippen molar-refractivity contribution in [3.63, 3.8) is 0 Å². The first kappa shape index (κ1) is 18.4. The van der Waals surface area contributed by atoms with E-state index in [1.807, 2.05) is 0 Å². The summed E-state index contributed by atoms with van der Waals surface area (Å²) in [5.41, 5.74) is -0.693. The van der Waals surface area contributed by atoms with Gasteiger partial charge < -0.3 is 4.74 Å². The zero-order chi connectivity index (χ0) is 16.5. The molecule has 1 heterocycles. The van der Waals surface area contributed by atoms with Crippen molar-refractivity contribution in [1.82, 2.24) is 4.31 Å². The maximum absolute atomic E-state index is 12.2. The van der Waals surface area contributed by atoms with Gasteiger partial charge in [-0.2, -0.15) is 4.31 Å². The van der Waals surface area contributed by atoms with Gasteiger partial charge in [-0.1, -0.05) is 0 Å². The number of carbonyl (C=O) groups is 1. The topological polar surface area (TPSA) is 97.8 Å². The quantitative estimate of drug-likeness (QED) is 0.661. The van der Waals surface area contributed by atoms with Gasteiger partial charge in [-0.3, -0.25) is 4.79 Å². The highest BCUT2D eigenvalue weighted by Gasteiger charge is 2.40. The Kier molecular flexibility index (Phi) is 5.44. The SMILES string of the molecule is CC(C)(C)OC(=O)[C@@H]1CCCN1S(=O)(=O)CCS(C)(=O)=O. The third-order valence-electron chi connectivity index (χ3n) is 2.95. The molecule has 1 saturated heterocycles. The van der Waals surface area contributed by atoms with E-state index in [0.29, 0.717) is 12.8 Å². The standard InChI is InChI=1S/C12H23NO6S2/c1-12(2,3)19-11(14)10-6-5-7-13(10)21(17,18)9-8-20(4,15)16/h10H,5-9H2,1-4H3/t10-/m0/s1. The molecule has 21 heavy (non-hydrogen) atoms. The molecular formula is C12H23NO6S2. The fraction of sp³-hybridized carbons (Fsp3) is 0.917. The number of nitrogens with zero attached hydrogens (tertiary/aromatic N) is 1. The fourth-order valence-corrected chi connectivity index (χ4v) is 5.33. The highest BCUT2D eigenvalue weighted by molar-refractivity contribution is 7.93. The summed E-state index contributed by atoms with van der Waals surface area (Å²) in [5.74, 6) is -1.54. The van der Waals surface area contributed by atoms with Crippen LogP contribution in [0, 0.1) is 0 Å². The zero-order valence-corrected chi connectivity index (χ0v) is 14.5. The van der Waals surface area contributed by atoms with Crippen molar-refractivity contribution in [2.24, 2.45) is 0 Å². The van der Waals surface area contributed by atoms with Crippen LogP contribution in [0.3, 0.4) is 0 Å². The van der Waals surface area contributed by atoms with Gasteiger partial charge in [0.25, 0.3) is 0 Å². The van der Waals surface area contributed by atoms with Gasteiger partial charge in [0.15, 0.2) is 0 Å². The predicted octanol–water partition coefficient (Wildman–Crippen LogP) is 0.167. The smallest absolute Gasteiger partial charge is 0.324 e. The van der Waals surface area contributed by atoms with Gasteiger partial charge in [0.05, 0.1) is 11.5 Å². The first-order valence-electron chi connectivity index (χ1n) is 6.72. The number of sulfonamides is 1. The predicted molar refractivity (Wildman–Crippen MR) is 79.1 cm³/mol. The Balaban J connectivity index is 2.83. The number of hydrogen-bond donors (Lipinski definition) is 0. The van der Waals surface area contributed by atoms with Crippen molar-refractivity contribution in [2.45, 2.75) is 45.3 Å². The van der Waals surface area contributed by atoms with Crippen LogP contribution in [0.15, 0.2) is 0 Å². The Morgan fingerprint density at radius 3 is 2.24 bits per heavy atom. The average Bonchev–Trinajstić information content (AvgIpc) is 2.72. The third-order valence-corrected chi connectivity index (χ3v) is 6.03. The summed E-state index contributed by atoms with van der Waals surface area (Å²) < 4.78 is 53.0. The molecule has 9 heteroatoms. The lowest BCUT2D eigenvalue weighted by Gasteiger charge is -2.26. The lowest BCUT2D eigenvalue weighted by molar-refractivity contribution is -0.158. The highest BCUT2D eigenvalue weighted by atomic mass is 32.2. The van der Waals surface area contributed by atoms with Crippen LogP contribution < -0.4 is 0 Å². The summed E-state index contributed by atoms with van der Waals surface area (Å²) >= 11 is 0. The Hall–Kier alpha value is -0.670. The minimum absolute atomic E-state index is 0.218. The van der Waals surface area contributed by atoms with Gasteiger partial charge in [-0.05, 0) is 33.6 Å². The third kappa shape index (κ3) is 5.91. The Bertz CT molecular complexity index is 588. The van der Waals surface area contributed by atoms with E-state index in [1.165, 1.54) is 0 Å². The molecule has 1 aliphatic rings. The van der Waals surface area contributed by atoms with Gasteiger partial charge in [0, 0.05) is 12.8 Å². The molecule has 1 aliphatic heterocycles. The van der Waals surface area contributed by atoms with Gasteiger partial charge in [-0.25, -0.2) is 16.8 Å². The normalized spacial score (nSPS) is 21.4. The fourth-order valence-electron chi connectivity index (χ4n) is 2.05. The van der Waals surface area contributed by atoms with Crippen molar-refractivity contribution in [3.05, 3.63) is 0 Å². The van der Waals surface area contributed by atoms with Crippen molar-refractivity contribution in [1.29, 1.82) is 0 Å². The van der Waals surface area contributed by atoms with Crippen LogP contribution in [0.25, 0.3) is 0 Å². The van der Waals surface area contributed by atoms with Crippen LogP contribution in [-0.2, 0) is 29.4 Å². The molecular weight excluding hydrogens is 318 g/mol. The maximum Gasteiger partial charge on any atom is 0.324 e. The Morgan fingerprint density at radius 1 is 1.19 bits per heavy atom. The number of esters is 1. The van der Waals surface area contributed by atoms with E-state index < -0.39 is 49.0 Å². The molecule has 1 fully saturated rings. The molecule has 1 atom stereocenters. The second-order valence-corrected chi connectivity index (χ2v) is 10.5. The molecule has 124 valence electrons. The molecule has 1 rings (SSSR count). The first-order valence-corrected chi connectivity index (χ1v) is 10.4. The summed E-state index contributed by atoms with van der Waals surface area (Å²) in [6.07, 6.45) is 1.94. The molecule has 0 unspecified atom stereocenters. The first-order chi connectivity index (χ1) is 9.32. The van der Waals surface area contributed by atoms with Crippen molar-refractivity contribution >= 4 is 25.8 Å². The second-order valence-electron chi connectivity index (χ2n) is 6.25. The summed E-state index contributed by atoms with van der Waals surface area (Å²) in [7, 11) is -7.17. The van der Waals surface area contributed by atoms with E-state index in [1.54, 1.807) is 20.8 Å². The summed E-state index contributed by atoms with van der Waals surface area (Å²) in [4.78, 5) is 12.1. The molecule has 0 aromatic carbocycles. The molecule has 0 N–H and O–H groups in total. The number of ether oxygens (including phenoxy) is 1. The molecule has 0 aromatic heterocycles. The number of hydrogen-bond acceptors (Lipinski definition) is 6. The van der Waals surface area contributed by atoms with Crippen LogP contribution in [-0.4, -0.2) is 63.1 Å². The Labute approximate surface area is 126 Å². The number of carbonyl (C=O) groups excluding carboxylic acids is 1. The lowest BCUT2D eigenvalue weighted by Crippen LogP contribution is -2.45. The lowest BCUT2D eigenvalue weighted by atomic mass is 10.2. The van der Waals surface area contributed by atoms with Gasteiger partial charge in [-0.15, -0.1) is 0 Å². The minimum atomic E-state index is -3.79. The van der Waals surface area contributed by atoms with Crippen molar-refractivity contribution in [2.75, 3.05) is 24.3 Å². The Morgan fingerprint density at radius 2 is 1.76 bits per heavy atom. The van der Waals surface area contributed by atoms with E-state index in [9.17, 15) is 21.6 Å². The maximum atomic E-state index is 12.2. The van der Waals surface area contributed by atoms with E-state index in [-0.39, 0.29) is 6.54 Å². The highest BCUT2D eigenvalue weighted by Crippen LogP contribution is 2.24. The van der Waals surface area contributed by atoms with Crippen LogP contribution >= 0.6 is 0 Å². The molecule has 0 bridgehead atoms. The summed E-state index contributed by atoms with van der Waals surface area (Å²) in [6, 6.07) is -0.853. The average molecular weight is 341 g/mol. The van der Waals surface area contributed by atoms with Crippen LogP contribution in [0.5, 0.6) is 0 Å². The van der Waals surface area contributed by atoms with Gasteiger partial charge in [0.2, 0.25) is 10.0 Å².